The Hall–Kier alpha value is -2.50. The Morgan fingerprint density at radius 2 is 2.04 bits per heavy atom. The highest BCUT2D eigenvalue weighted by molar-refractivity contribution is 5.90. The molecule has 0 aliphatic rings. The number of benzene rings is 1. The number of H-pyrrole nitrogens is 1. The molecule has 0 bridgehead atoms. The molecule has 0 saturated heterocycles. The predicted molar refractivity (Wildman–Crippen MR) is 98.6 cm³/mol. The first kappa shape index (κ1) is 17.8. The molecule has 130 valence electrons. The Kier molecular flexibility index (Phi) is 5.84. The van der Waals surface area contributed by atoms with Gasteiger partial charge in [-0.05, 0) is 52.0 Å². The fourth-order valence-corrected chi connectivity index (χ4v) is 2.44. The van der Waals surface area contributed by atoms with Crippen LogP contribution in [0.25, 0.3) is 0 Å². The lowest BCUT2D eigenvalue weighted by Gasteiger charge is -2.24. The quantitative estimate of drug-likeness (QED) is 0.761. The van der Waals surface area contributed by atoms with Gasteiger partial charge in [-0.15, -0.1) is 0 Å². The molecule has 0 spiro atoms. The summed E-state index contributed by atoms with van der Waals surface area (Å²) in [5, 5.41) is 12.9. The van der Waals surface area contributed by atoms with E-state index in [-0.39, 0.29) is 12.1 Å². The van der Waals surface area contributed by atoms with Crippen molar-refractivity contribution in [2.75, 3.05) is 17.3 Å². The molecule has 2 aromatic rings. The minimum Gasteiger partial charge on any atom is -0.372 e. The SMILES string of the molecule is Cc1cc(CC(C)NC(=O)Nc2cccc(N(C)C(C)C)c2)n[nH]1. The van der Waals surface area contributed by atoms with Crippen LogP contribution in [0.4, 0.5) is 16.2 Å². The summed E-state index contributed by atoms with van der Waals surface area (Å²) in [4.78, 5) is 14.3. The van der Waals surface area contributed by atoms with Crippen LogP contribution in [0.1, 0.15) is 32.2 Å². The lowest BCUT2D eigenvalue weighted by Crippen LogP contribution is -2.37. The van der Waals surface area contributed by atoms with Gasteiger partial charge in [0.15, 0.2) is 0 Å². The summed E-state index contributed by atoms with van der Waals surface area (Å²) < 4.78 is 0. The molecule has 6 nitrogen and oxygen atoms in total. The van der Waals surface area contributed by atoms with Gasteiger partial charge in [0, 0.05) is 42.6 Å². The maximum Gasteiger partial charge on any atom is 0.319 e. The van der Waals surface area contributed by atoms with Crippen LogP contribution in [0, 0.1) is 6.92 Å². The number of amides is 2. The first-order chi connectivity index (χ1) is 11.3. The number of nitrogens with zero attached hydrogens (tertiary/aromatic N) is 2. The lowest BCUT2D eigenvalue weighted by atomic mass is 10.2. The molecule has 1 heterocycles. The van der Waals surface area contributed by atoms with E-state index in [1.165, 1.54) is 0 Å². The molecule has 0 fully saturated rings. The summed E-state index contributed by atoms with van der Waals surface area (Å²) >= 11 is 0. The molecule has 1 atom stereocenters. The number of carbonyl (C=O) groups excluding carboxylic acids is 1. The van der Waals surface area contributed by atoms with Crippen LogP contribution in [-0.2, 0) is 6.42 Å². The van der Waals surface area contributed by atoms with E-state index in [2.05, 4.69) is 39.6 Å². The van der Waals surface area contributed by atoms with Gasteiger partial charge in [0.25, 0.3) is 0 Å². The number of anilines is 2. The molecule has 0 saturated carbocycles. The van der Waals surface area contributed by atoms with Crippen molar-refractivity contribution >= 4 is 17.4 Å². The van der Waals surface area contributed by atoms with Crippen LogP contribution in [0.5, 0.6) is 0 Å². The highest BCUT2D eigenvalue weighted by Gasteiger charge is 2.11. The van der Waals surface area contributed by atoms with E-state index in [1.54, 1.807) is 0 Å². The van der Waals surface area contributed by atoms with Crippen LogP contribution in [-0.4, -0.2) is 35.4 Å². The maximum atomic E-state index is 12.2. The van der Waals surface area contributed by atoms with Gasteiger partial charge in [0.1, 0.15) is 0 Å². The average molecular weight is 329 g/mol. The van der Waals surface area contributed by atoms with Crippen LogP contribution < -0.4 is 15.5 Å². The summed E-state index contributed by atoms with van der Waals surface area (Å²) in [6.07, 6.45) is 0.688. The Morgan fingerprint density at radius 3 is 2.67 bits per heavy atom. The van der Waals surface area contributed by atoms with Crippen molar-refractivity contribution in [3.8, 4) is 0 Å². The normalized spacial score (nSPS) is 12.1. The van der Waals surface area contributed by atoms with Crippen molar-refractivity contribution in [1.29, 1.82) is 0 Å². The van der Waals surface area contributed by atoms with Gasteiger partial charge in [-0.25, -0.2) is 4.79 Å². The molecule has 1 aromatic carbocycles. The molecular weight excluding hydrogens is 302 g/mol. The number of aromatic amines is 1. The summed E-state index contributed by atoms with van der Waals surface area (Å²) in [6, 6.07) is 10.0. The molecule has 24 heavy (non-hydrogen) atoms. The van der Waals surface area contributed by atoms with E-state index in [9.17, 15) is 4.79 Å². The van der Waals surface area contributed by atoms with Crippen molar-refractivity contribution in [3.63, 3.8) is 0 Å². The largest absolute Gasteiger partial charge is 0.372 e. The highest BCUT2D eigenvalue weighted by atomic mass is 16.2. The summed E-state index contributed by atoms with van der Waals surface area (Å²) in [5.41, 5.74) is 3.82. The standard InChI is InChI=1S/C18H27N5O/c1-12(2)23(5)17-8-6-7-15(11-17)20-18(24)19-13(3)9-16-10-14(4)21-22-16/h6-8,10-13H,9H2,1-5H3,(H,21,22)(H2,19,20,24). The second-order valence-electron chi connectivity index (χ2n) is 6.50. The lowest BCUT2D eigenvalue weighted by molar-refractivity contribution is 0.249. The Morgan fingerprint density at radius 1 is 1.29 bits per heavy atom. The van der Waals surface area contributed by atoms with Gasteiger partial charge in [0.05, 0.1) is 5.69 Å². The molecule has 3 N–H and O–H groups in total. The van der Waals surface area contributed by atoms with Crippen molar-refractivity contribution in [2.24, 2.45) is 0 Å². The maximum absolute atomic E-state index is 12.2. The monoisotopic (exact) mass is 329 g/mol. The van der Waals surface area contributed by atoms with Gasteiger partial charge >= 0.3 is 6.03 Å². The number of aryl methyl sites for hydroxylation is 1. The van der Waals surface area contributed by atoms with E-state index < -0.39 is 0 Å². The fourth-order valence-electron chi connectivity index (χ4n) is 2.44. The third-order valence-corrected chi connectivity index (χ3v) is 3.94. The zero-order valence-corrected chi connectivity index (χ0v) is 15.1. The number of hydrogen-bond donors (Lipinski definition) is 3. The molecular formula is C18H27N5O. The fraction of sp³-hybridized carbons (Fsp3) is 0.444. The molecule has 2 amide bonds. The molecule has 0 radical (unpaired) electrons. The number of urea groups is 1. The minimum atomic E-state index is -0.209. The Bertz CT molecular complexity index is 680. The van der Waals surface area contributed by atoms with Crippen LogP contribution in [0.3, 0.4) is 0 Å². The van der Waals surface area contributed by atoms with Crippen LogP contribution >= 0.6 is 0 Å². The molecule has 2 rings (SSSR count). The van der Waals surface area contributed by atoms with E-state index >= 15 is 0 Å². The molecule has 6 heteroatoms. The molecule has 0 aliphatic heterocycles. The first-order valence-corrected chi connectivity index (χ1v) is 8.26. The van der Waals surface area contributed by atoms with Gasteiger partial charge < -0.3 is 15.5 Å². The van der Waals surface area contributed by atoms with Crippen molar-refractivity contribution < 1.29 is 4.79 Å². The Balaban J connectivity index is 1.91. The first-order valence-electron chi connectivity index (χ1n) is 8.26. The number of aromatic nitrogens is 2. The second-order valence-corrected chi connectivity index (χ2v) is 6.50. The Labute approximate surface area is 143 Å². The summed E-state index contributed by atoms with van der Waals surface area (Å²) in [7, 11) is 2.04. The number of rotatable bonds is 6. The number of nitrogens with one attached hydrogen (secondary N) is 3. The zero-order chi connectivity index (χ0) is 17.7. The number of hydrogen-bond acceptors (Lipinski definition) is 3. The molecule has 1 aromatic heterocycles. The van der Waals surface area contributed by atoms with Gasteiger partial charge in [0.2, 0.25) is 0 Å². The van der Waals surface area contributed by atoms with E-state index in [1.807, 2.05) is 51.2 Å². The van der Waals surface area contributed by atoms with Crippen molar-refractivity contribution in [2.45, 2.75) is 46.2 Å². The molecule has 1 unspecified atom stereocenters. The zero-order valence-electron chi connectivity index (χ0n) is 15.1. The topological polar surface area (TPSA) is 73.1 Å². The van der Waals surface area contributed by atoms with Crippen molar-refractivity contribution in [1.82, 2.24) is 15.5 Å². The van der Waals surface area contributed by atoms with E-state index in [0.29, 0.717) is 12.5 Å². The third-order valence-electron chi connectivity index (χ3n) is 3.94. The minimum absolute atomic E-state index is 0.00535. The molecule has 0 aliphatic carbocycles. The van der Waals surface area contributed by atoms with Gasteiger partial charge in [-0.2, -0.15) is 5.10 Å². The van der Waals surface area contributed by atoms with Crippen LogP contribution in [0.2, 0.25) is 0 Å². The van der Waals surface area contributed by atoms with Gasteiger partial charge in [-0.1, -0.05) is 6.07 Å². The average Bonchev–Trinajstić information content (AvgIpc) is 2.91. The predicted octanol–water partition coefficient (Wildman–Crippen LogP) is 3.32. The summed E-state index contributed by atoms with van der Waals surface area (Å²) in [6.45, 7) is 8.19. The van der Waals surface area contributed by atoms with E-state index in [4.69, 9.17) is 0 Å². The van der Waals surface area contributed by atoms with E-state index in [0.717, 1.165) is 22.8 Å². The second kappa shape index (κ2) is 7.86. The third kappa shape index (κ3) is 5.01. The highest BCUT2D eigenvalue weighted by Crippen LogP contribution is 2.20. The van der Waals surface area contributed by atoms with Crippen molar-refractivity contribution in [3.05, 3.63) is 41.7 Å². The smallest absolute Gasteiger partial charge is 0.319 e. The summed E-state index contributed by atoms with van der Waals surface area (Å²) in [5.74, 6) is 0. The number of carbonyl (C=O) groups is 1. The van der Waals surface area contributed by atoms with Gasteiger partial charge in [-0.3, -0.25) is 5.10 Å². The van der Waals surface area contributed by atoms with Crippen LogP contribution in [0.15, 0.2) is 30.3 Å².